The Labute approximate surface area is 178 Å². The molecule has 7 nitrogen and oxygen atoms in total. The third-order valence-electron chi connectivity index (χ3n) is 4.56. The highest BCUT2D eigenvalue weighted by Crippen LogP contribution is 2.29. The summed E-state index contributed by atoms with van der Waals surface area (Å²) in [6, 6.07) is 3.89. The number of imide groups is 1. The van der Waals surface area contributed by atoms with Gasteiger partial charge in [0.05, 0.1) is 18.2 Å². The van der Waals surface area contributed by atoms with Gasteiger partial charge in [-0.3, -0.25) is 24.6 Å². The first-order chi connectivity index (χ1) is 14.5. The normalized spacial score (nSPS) is 16.6. The van der Waals surface area contributed by atoms with Crippen molar-refractivity contribution in [3.05, 3.63) is 46.2 Å². The standard InChI is InChI=1S/C19H18F4N4O3S/c1-10-14(16(29)26-15(28)11-2-4-12(20)5-3-11)31-18(25-10)27-9-6-13(17(27)30)24-8-7-19(21,22)23/h2-5,13,24H,6-9H2,1H3,(H,26,28,29). The Morgan fingerprint density at radius 1 is 1.23 bits per heavy atom. The zero-order valence-electron chi connectivity index (χ0n) is 16.3. The lowest BCUT2D eigenvalue weighted by molar-refractivity contribution is -0.134. The van der Waals surface area contributed by atoms with Gasteiger partial charge in [0.25, 0.3) is 11.8 Å². The molecule has 3 rings (SSSR count). The molecule has 1 saturated heterocycles. The monoisotopic (exact) mass is 458 g/mol. The van der Waals surface area contributed by atoms with Gasteiger partial charge in [-0.25, -0.2) is 9.37 Å². The number of rotatable bonds is 6. The van der Waals surface area contributed by atoms with Gasteiger partial charge in [-0.05, 0) is 37.6 Å². The van der Waals surface area contributed by atoms with Gasteiger partial charge in [0.15, 0.2) is 5.13 Å². The van der Waals surface area contributed by atoms with Crippen molar-refractivity contribution in [1.82, 2.24) is 15.6 Å². The minimum atomic E-state index is -4.31. The van der Waals surface area contributed by atoms with Crippen LogP contribution in [0, 0.1) is 12.7 Å². The van der Waals surface area contributed by atoms with E-state index in [0.29, 0.717) is 12.1 Å². The molecule has 166 valence electrons. The highest BCUT2D eigenvalue weighted by Gasteiger charge is 2.36. The first-order valence-electron chi connectivity index (χ1n) is 9.25. The Hall–Kier alpha value is -2.86. The van der Waals surface area contributed by atoms with Gasteiger partial charge < -0.3 is 5.32 Å². The molecule has 1 fully saturated rings. The van der Waals surface area contributed by atoms with Crippen LogP contribution in [0.2, 0.25) is 0 Å². The predicted molar refractivity (Wildman–Crippen MR) is 104 cm³/mol. The average molecular weight is 458 g/mol. The predicted octanol–water partition coefficient (Wildman–Crippen LogP) is 2.81. The fourth-order valence-corrected chi connectivity index (χ4v) is 3.98. The summed E-state index contributed by atoms with van der Waals surface area (Å²) < 4.78 is 49.8. The third-order valence-corrected chi connectivity index (χ3v) is 5.74. The SMILES string of the molecule is Cc1nc(N2CCC(NCCC(F)(F)F)C2=O)sc1C(=O)NC(=O)c1ccc(F)cc1. The lowest BCUT2D eigenvalue weighted by Crippen LogP contribution is -2.39. The summed E-state index contributed by atoms with van der Waals surface area (Å²) in [7, 11) is 0. The van der Waals surface area contributed by atoms with E-state index in [2.05, 4.69) is 15.6 Å². The summed E-state index contributed by atoms with van der Waals surface area (Å²) in [5, 5.41) is 5.01. The van der Waals surface area contributed by atoms with E-state index in [1.807, 2.05) is 0 Å². The summed E-state index contributed by atoms with van der Waals surface area (Å²) in [6.07, 6.45) is -5.05. The maximum Gasteiger partial charge on any atom is 0.390 e. The number of thiazole rings is 1. The number of alkyl halides is 3. The van der Waals surface area contributed by atoms with Crippen molar-refractivity contribution in [3.8, 4) is 0 Å². The molecule has 1 aromatic heterocycles. The van der Waals surface area contributed by atoms with Crippen LogP contribution < -0.4 is 15.5 Å². The number of halogens is 4. The van der Waals surface area contributed by atoms with Gasteiger partial charge in [-0.2, -0.15) is 13.2 Å². The molecule has 0 radical (unpaired) electrons. The summed E-state index contributed by atoms with van der Waals surface area (Å²) in [6.45, 7) is 1.41. The maximum absolute atomic E-state index is 13.0. The summed E-state index contributed by atoms with van der Waals surface area (Å²) in [5.74, 6) is -2.38. The van der Waals surface area contributed by atoms with Crippen LogP contribution in [-0.2, 0) is 4.79 Å². The molecule has 3 amide bonds. The van der Waals surface area contributed by atoms with Crippen molar-refractivity contribution >= 4 is 34.2 Å². The molecule has 2 heterocycles. The van der Waals surface area contributed by atoms with E-state index >= 15 is 0 Å². The third kappa shape index (κ3) is 5.64. The number of benzene rings is 1. The molecule has 1 aromatic carbocycles. The summed E-state index contributed by atoms with van der Waals surface area (Å²) in [5.41, 5.74) is 0.394. The van der Waals surface area contributed by atoms with Crippen LogP contribution in [0.5, 0.6) is 0 Å². The van der Waals surface area contributed by atoms with Crippen LogP contribution >= 0.6 is 11.3 Å². The minimum absolute atomic E-state index is 0.0969. The van der Waals surface area contributed by atoms with Crippen LogP contribution in [0.4, 0.5) is 22.7 Å². The average Bonchev–Trinajstić information content (AvgIpc) is 3.24. The number of carbonyl (C=O) groups is 3. The Morgan fingerprint density at radius 2 is 1.90 bits per heavy atom. The molecule has 2 aromatic rings. The highest BCUT2D eigenvalue weighted by atomic mass is 32.1. The van der Waals surface area contributed by atoms with Crippen LogP contribution in [-0.4, -0.2) is 48.0 Å². The lowest BCUT2D eigenvalue weighted by Gasteiger charge is -2.14. The van der Waals surface area contributed by atoms with Crippen LogP contribution in [0.1, 0.15) is 38.6 Å². The van der Waals surface area contributed by atoms with Crippen molar-refractivity contribution in [3.63, 3.8) is 0 Å². The Morgan fingerprint density at radius 3 is 2.55 bits per heavy atom. The summed E-state index contributed by atoms with van der Waals surface area (Å²) in [4.78, 5) is 42.8. The fraction of sp³-hybridized carbons (Fsp3) is 0.368. The molecule has 1 aliphatic heterocycles. The Balaban J connectivity index is 1.63. The van der Waals surface area contributed by atoms with E-state index in [1.165, 1.54) is 24.0 Å². The quantitative estimate of drug-likeness (QED) is 0.513. The van der Waals surface area contributed by atoms with E-state index in [9.17, 15) is 31.9 Å². The number of anilines is 1. The second kappa shape index (κ2) is 9.10. The van der Waals surface area contributed by atoms with Gasteiger partial charge in [-0.15, -0.1) is 0 Å². The van der Waals surface area contributed by atoms with Crippen molar-refractivity contribution < 1.29 is 31.9 Å². The molecular formula is C19H18F4N4O3S. The number of aromatic nitrogens is 1. The van der Waals surface area contributed by atoms with Crippen LogP contribution in [0.15, 0.2) is 24.3 Å². The number of hydrogen-bond donors (Lipinski definition) is 2. The number of hydrogen-bond acceptors (Lipinski definition) is 6. The molecule has 2 N–H and O–H groups in total. The van der Waals surface area contributed by atoms with Crippen molar-refractivity contribution in [2.45, 2.75) is 32.0 Å². The smallest absolute Gasteiger partial charge is 0.305 e. The van der Waals surface area contributed by atoms with Crippen molar-refractivity contribution in [2.24, 2.45) is 0 Å². The highest BCUT2D eigenvalue weighted by molar-refractivity contribution is 7.17. The first-order valence-corrected chi connectivity index (χ1v) is 10.1. The first kappa shape index (κ1) is 22.8. The number of aryl methyl sites for hydroxylation is 1. The number of nitrogens with zero attached hydrogens (tertiary/aromatic N) is 2. The second-order valence-corrected chi connectivity index (χ2v) is 7.83. The number of carbonyl (C=O) groups excluding carboxylic acids is 3. The number of nitrogens with one attached hydrogen (secondary N) is 2. The van der Waals surface area contributed by atoms with Gasteiger partial charge >= 0.3 is 6.18 Å². The Bertz CT molecular complexity index is 991. The van der Waals surface area contributed by atoms with E-state index < -0.39 is 42.2 Å². The van der Waals surface area contributed by atoms with Gasteiger partial charge in [0.2, 0.25) is 5.91 Å². The zero-order valence-corrected chi connectivity index (χ0v) is 17.1. The topological polar surface area (TPSA) is 91.4 Å². The fourth-order valence-electron chi connectivity index (χ4n) is 2.99. The largest absolute Gasteiger partial charge is 0.390 e. The molecule has 31 heavy (non-hydrogen) atoms. The van der Waals surface area contributed by atoms with Gasteiger partial charge in [0, 0.05) is 18.7 Å². The summed E-state index contributed by atoms with van der Waals surface area (Å²) >= 11 is 0.900. The van der Waals surface area contributed by atoms with E-state index in [1.54, 1.807) is 0 Å². The van der Waals surface area contributed by atoms with E-state index in [4.69, 9.17) is 0 Å². The van der Waals surface area contributed by atoms with Crippen molar-refractivity contribution in [2.75, 3.05) is 18.0 Å². The maximum atomic E-state index is 13.0. The molecule has 1 atom stereocenters. The molecule has 12 heteroatoms. The minimum Gasteiger partial charge on any atom is -0.305 e. The molecule has 0 aliphatic carbocycles. The van der Waals surface area contributed by atoms with Gasteiger partial charge in [-0.1, -0.05) is 11.3 Å². The molecule has 1 aliphatic rings. The van der Waals surface area contributed by atoms with E-state index in [0.717, 1.165) is 23.5 Å². The van der Waals surface area contributed by atoms with Gasteiger partial charge in [0.1, 0.15) is 10.7 Å². The molecule has 1 unspecified atom stereocenters. The van der Waals surface area contributed by atoms with Crippen LogP contribution in [0.3, 0.4) is 0 Å². The van der Waals surface area contributed by atoms with E-state index in [-0.39, 0.29) is 28.7 Å². The van der Waals surface area contributed by atoms with Crippen molar-refractivity contribution in [1.29, 1.82) is 0 Å². The molecule has 0 bridgehead atoms. The molecule has 0 saturated carbocycles. The van der Waals surface area contributed by atoms with Crippen LogP contribution in [0.25, 0.3) is 0 Å². The zero-order chi connectivity index (χ0) is 22.8. The lowest BCUT2D eigenvalue weighted by atomic mass is 10.2. The molecular weight excluding hydrogens is 440 g/mol. The number of amides is 3. The second-order valence-electron chi connectivity index (χ2n) is 6.85. The Kier molecular flexibility index (Phi) is 6.70. The molecule has 0 spiro atoms.